The first kappa shape index (κ1) is 16.6. The van der Waals surface area contributed by atoms with Crippen molar-refractivity contribution >= 4 is 28.5 Å². The van der Waals surface area contributed by atoms with Gasteiger partial charge in [-0.2, -0.15) is 0 Å². The topological polar surface area (TPSA) is 84.0 Å². The molecule has 2 N–H and O–H groups in total. The molecule has 0 unspecified atom stereocenters. The number of nitrogens with one attached hydrogen (secondary N) is 2. The molecule has 6 nitrogen and oxygen atoms in total. The third-order valence-electron chi connectivity index (χ3n) is 3.75. The van der Waals surface area contributed by atoms with Crippen LogP contribution >= 0.6 is 0 Å². The van der Waals surface area contributed by atoms with Gasteiger partial charge in [-0.15, -0.1) is 0 Å². The second kappa shape index (κ2) is 7.53. The summed E-state index contributed by atoms with van der Waals surface area (Å²) in [5, 5.41) is 6.41. The summed E-state index contributed by atoms with van der Waals surface area (Å²) in [5.41, 5.74) is 2.58. The predicted molar refractivity (Wildman–Crippen MR) is 96.3 cm³/mol. The second-order valence-electron chi connectivity index (χ2n) is 5.62. The van der Waals surface area contributed by atoms with E-state index in [1.165, 1.54) is 0 Å². The first-order valence-electron chi connectivity index (χ1n) is 7.99. The fourth-order valence-electron chi connectivity index (χ4n) is 2.39. The van der Waals surface area contributed by atoms with Gasteiger partial charge in [-0.05, 0) is 42.8 Å². The summed E-state index contributed by atoms with van der Waals surface area (Å²) < 4.78 is 0. The summed E-state index contributed by atoms with van der Waals surface area (Å²) in [6.07, 6.45) is 1.82. The van der Waals surface area contributed by atoms with Crippen molar-refractivity contribution in [3.63, 3.8) is 0 Å². The lowest BCUT2D eigenvalue weighted by Gasteiger charge is -2.08. The molecule has 6 heteroatoms. The van der Waals surface area contributed by atoms with E-state index < -0.39 is 0 Å². The Morgan fingerprint density at radius 3 is 2.72 bits per heavy atom. The highest BCUT2D eigenvalue weighted by atomic mass is 16.2. The van der Waals surface area contributed by atoms with Crippen LogP contribution in [0.3, 0.4) is 0 Å². The van der Waals surface area contributed by atoms with Crippen molar-refractivity contribution in [1.82, 2.24) is 15.3 Å². The molecular weight excluding hydrogens is 316 g/mol. The predicted octanol–water partition coefficient (Wildman–Crippen LogP) is 2.70. The molecule has 0 saturated heterocycles. The Morgan fingerprint density at radius 2 is 1.88 bits per heavy atom. The maximum absolute atomic E-state index is 12.1. The van der Waals surface area contributed by atoms with Gasteiger partial charge < -0.3 is 10.6 Å². The van der Waals surface area contributed by atoms with Crippen LogP contribution < -0.4 is 10.6 Å². The SMILES string of the molecule is Cc1ccccc1NC(=O)CCNC(=O)c1ccc2cccnc2n1. The number of carbonyl (C=O) groups is 2. The molecule has 3 aromatic rings. The first-order chi connectivity index (χ1) is 12.1. The van der Waals surface area contributed by atoms with Crippen LogP contribution in [0.4, 0.5) is 5.69 Å². The van der Waals surface area contributed by atoms with Gasteiger partial charge in [-0.3, -0.25) is 9.59 Å². The van der Waals surface area contributed by atoms with E-state index in [0.29, 0.717) is 5.65 Å². The Balaban J connectivity index is 1.53. The highest BCUT2D eigenvalue weighted by molar-refractivity contribution is 5.95. The fourth-order valence-corrected chi connectivity index (χ4v) is 2.39. The number of anilines is 1. The van der Waals surface area contributed by atoms with Crippen molar-refractivity contribution in [3.05, 3.63) is 66.0 Å². The molecule has 0 aliphatic rings. The van der Waals surface area contributed by atoms with Gasteiger partial charge in [0.2, 0.25) is 5.91 Å². The summed E-state index contributed by atoms with van der Waals surface area (Å²) in [5.74, 6) is -0.473. The Labute approximate surface area is 145 Å². The molecule has 1 aromatic carbocycles. The van der Waals surface area contributed by atoms with E-state index >= 15 is 0 Å². The first-order valence-corrected chi connectivity index (χ1v) is 7.99. The summed E-state index contributed by atoms with van der Waals surface area (Å²) in [7, 11) is 0. The quantitative estimate of drug-likeness (QED) is 0.751. The third kappa shape index (κ3) is 4.17. The van der Waals surface area contributed by atoms with Crippen molar-refractivity contribution in [2.75, 3.05) is 11.9 Å². The summed E-state index contributed by atoms with van der Waals surface area (Å²) in [4.78, 5) is 32.5. The number of aromatic nitrogens is 2. The number of rotatable bonds is 5. The number of benzene rings is 1. The smallest absolute Gasteiger partial charge is 0.269 e. The van der Waals surface area contributed by atoms with Crippen molar-refractivity contribution in [2.24, 2.45) is 0 Å². The van der Waals surface area contributed by atoms with Gasteiger partial charge >= 0.3 is 0 Å². The number of fused-ring (bicyclic) bond motifs is 1. The highest BCUT2D eigenvalue weighted by Gasteiger charge is 2.10. The molecule has 2 heterocycles. The molecule has 2 aromatic heterocycles. The van der Waals surface area contributed by atoms with Gasteiger partial charge in [0.25, 0.3) is 5.91 Å². The van der Waals surface area contributed by atoms with E-state index in [0.717, 1.165) is 16.6 Å². The molecule has 0 radical (unpaired) electrons. The van der Waals surface area contributed by atoms with Crippen LogP contribution in [0.2, 0.25) is 0 Å². The maximum Gasteiger partial charge on any atom is 0.269 e. The van der Waals surface area contributed by atoms with Gasteiger partial charge in [0.05, 0.1) is 0 Å². The van der Waals surface area contributed by atoms with Gasteiger partial charge in [0.1, 0.15) is 5.69 Å². The van der Waals surface area contributed by atoms with E-state index in [2.05, 4.69) is 20.6 Å². The molecule has 0 atom stereocenters. The molecule has 25 heavy (non-hydrogen) atoms. The summed E-state index contributed by atoms with van der Waals surface area (Å²) in [6, 6.07) is 14.7. The van der Waals surface area contributed by atoms with Gasteiger partial charge in [-0.25, -0.2) is 9.97 Å². The average Bonchev–Trinajstić information content (AvgIpc) is 2.63. The van der Waals surface area contributed by atoms with E-state index in [9.17, 15) is 9.59 Å². The lowest BCUT2D eigenvalue weighted by Crippen LogP contribution is -2.28. The average molecular weight is 334 g/mol. The molecule has 0 aliphatic heterocycles. The number of amides is 2. The van der Waals surface area contributed by atoms with Gasteiger partial charge in [0.15, 0.2) is 5.65 Å². The van der Waals surface area contributed by atoms with Gasteiger partial charge in [0, 0.05) is 30.2 Å². The zero-order valence-electron chi connectivity index (χ0n) is 13.8. The minimum absolute atomic E-state index is 0.150. The number of nitrogens with zero attached hydrogens (tertiary/aromatic N) is 2. The molecule has 0 aliphatic carbocycles. The lowest BCUT2D eigenvalue weighted by molar-refractivity contribution is -0.116. The highest BCUT2D eigenvalue weighted by Crippen LogP contribution is 2.13. The Hall–Kier alpha value is -3.28. The van der Waals surface area contributed by atoms with E-state index in [1.807, 2.05) is 43.3 Å². The largest absolute Gasteiger partial charge is 0.350 e. The molecule has 0 bridgehead atoms. The van der Waals surface area contributed by atoms with Crippen LogP contribution in [-0.2, 0) is 4.79 Å². The normalized spacial score (nSPS) is 10.4. The minimum Gasteiger partial charge on any atom is -0.350 e. The number of hydrogen-bond acceptors (Lipinski definition) is 4. The summed E-state index contributed by atoms with van der Waals surface area (Å²) in [6.45, 7) is 2.16. The van der Waals surface area contributed by atoms with E-state index in [-0.39, 0.29) is 30.5 Å². The molecule has 3 rings (SSSR count). The number of aryl methyl sites for hydroxylation is 1. The number of pyridine rings is 2. The minimum atomic E-state index is -0.323. The van der Waals surface area contributed by atoms with Crippen LogP contribution in [0, 0.1) is 6.92 Å². The number of hydrogen-bond donors (Lipinski definition) is 2. The van der Waals surface area contributed by atoms with E-state index in [4.69, 9.17) is 0 Å². The standard InChI is InChI=1S/C19H18N4O2/c1-13-5-2-3-7-15(13)22-17(24)10-12-21-19(25)16-9-8-14-6-4-11-20-18(14)23-16/h2-9,11H,10,12H2,1H3,(H,21,25)(H,22,24). The molecule has 126 valence electrons. The number of para-hydroxylation sites is 1. The fraction of sp³-hybridized carbons (Fsp3) is 0.158. The molecule has 0 spiro atoms. The Bertz CT molecular complexity index is 924. The maximum atomic E-state index is 12.1. The van der Waals surface area contributed by atoms with Crippen LogP contribution in [0.1, 0.15) is 22.5 Å². The second-order valence-corrected chi connectivity index (χ2v) is 5.62. The van der Waals surface area contributed by atoms with Crippen LogP contribution in [0.15, 0.2) is 54.7 Å². The van der Waals surface area contributed by atoms with Crippen LogP contribution in [0.25, 0.3) is 11.0 Å². The molecule has 0 fully saturated rings. The van der Waals surface area contributed by atoms with Crippen LogP contribution in [0.5, 0.6) is 0 Å². The van der Waals surface area contributed by atoms with Gasteiger partial charge in [-0.1, -0.05) is 18.2 Å². The van der Waals surface area contributed by atoms with E-state index in [1.54, 1.807) is 18.3 Å². The zero-order valence-corrected chi connectivity index (χ0v) is 13.8. The van der Waals surface area contributed by atoms with Crippen molar-refractivity contribution in [1.29, 1.82) is 0 Å². The summed E-state index contributed by atoms with van der Waals surface area (Å²) >= 11 is 0. The van der Waals surface area contributed by atoms with Crippen molar-refractivity contribution in [3.8, 4) is 0 Å². The Morgan fingerprint density at radius 1 is 1.04 bits per heavy atom. The lowest BCUT2D eigenvalue weighted by atomic mass is 10.2. The molecular formula is C19H18N4O2. The zero-order chi connectivity index (χ0) is 17.6. The Kier molecular flexibility index (Phi) is 4.99. The molecule has 2 amide bonds. The van der Waals surface area contributed by atoms with Crippen molar-refractivity contribution < 1.29 is 9.59 Å². The molecule has 0 saturated carbocycles. The monoisotopic (exact) mass is 334 g/mol. The van der Waals surface area contributed by atoms with Crippen molar-refractivity contribution in [2.45, 2.75) is 13.3 Å². The third-order valence-corrected chi connectivity index (χ3v) is 3.75. The number of carbonyl (C=O) groups excluding carboxylic acids is 2. The van der Waals surface area contributed by atoms with Crippen LogP contribution in [-0.4, -0.2) is 28.3 Å².